The van der Waals surface area contributed by atoms with Gasteiger partial charge in [0.15, 0.2) is 5.96 Å². The van der Waals surface area contributed by atoms with E-state index >= 15 is 0 Å². The number of rotatable bonds is 6. The minimum absolute atomic E-state index is 0.549. The van der Waals surface area contributed by atoms with E-state index in [4.69, 9.17) is 4.74 Å². The Morgan fingerprint density at radius 3 is 2.86 bits per heavy atom. The molecular weight excluding hydrogens is 276 g/mol. The summed E-state index contributed by atoms with van der Waals surface area (Å²) in [6.45, 7) is 6.49. The summed E-state index contributed by atoms with van der Waals surface area (Å²) in [5.41, 5.74) is 0. The highest BCUT2D eigenvalue weighted by Gasteiger charge is 2.18. The summed E-state index contributed by atoms with van der Waals surface area (Å²) in [6.07, 6.45) is 8.54. The van der Waals surface area contributed by atoms with E-state index in [9.17, 15) is 0 Å². The number of pyridine rings is 1. The SMILES string of the molecule is CCNC(=NCCOc1cccnc1)NC1CCC(C)CC1. The summed E-state index contributed by atoms with van der Waals surface area (Å²) in [4.78, 5) is 8.62. The van der Waals surface area contributed by atoms with Crippen molar-refractivity contribution < 1.29 is 4.74 Å². The Labute approximate surface area is 133 Å². The Kier molecular flexibility index (Phi) is 7.00. The zero-order valence-electron chi connectivity index (χ0n) is 13.7. The molecule has 0 bridgehead atoms. The number of hydrogen-bond donors (Lipinski definition) is 2. The van der Waals surface area contributed by atoms with Gasteiger partial charge in [0, 0.05) is 18.8 Å². The zero-order valence-corrected chi connectivity index (χ0v) is 13.7. The van der Waals surface area contributed by atoms with Crippen LogP contribution in [0.2, 0.25) is 0 Å². The highest BCUT2D eigenvalue weighted by atomic mass is 16.5. The molecule has 22 heavy (non-hydrogen) atoms. The van der Waals surface area contributed by atoms with Gasteiger partial charge in [0.1, 0.15) is 12.4 Å². The molecule has 2 rings (SSSR count). The second-order valence-corrected chi connectivity index (χ2v) is 5.90. The first-order chi connectivity index (χ1) is 10.8. The lowest BCUT2D eigenvalue weighted by Crippen LogP contribution is -2.44. The molecular formula is C17H28N4O. The van der Waals surface area contributed by atoms with E-state index in [1.54, 1.807) is 12.4 Å². The molecule has 122 valence electrons. The van der Waals surface area contributed by atoms with Crippen LogP contribution >= 0.6 is 0 Å². The number of aliphatic imine (C=N–C) groups is 1. The molecule has 2 N–H and O–H groups in total. The topological polar surface area (TPSA) is 58.5 Å². The highest BCUT2D eigenvalue weighted by Crippen LogP contribution is 2.23. The van der Waals surface area contributed by atoms with Crippen molar-refractivity contribution in [1.29, 1.82) is 0 Å². The van der Waals surface area contributed by atoms with E-state index in [0.717, 1.165) is 24.2 Å². The number of guanidine groups is 1. The Hall–Kier alpha value is -1.78. The second-order valence-electron chi connectivity index (χ2n) is 5.90. The van der Waals surface area contributed by atoms with Crippen LogP contribution in [-0.4, -0.2) is 36.7 Å². The molecule has 5 heteroatoms. The van der Waals surface area contributed by atoms with Crippen LogP contribution in [0, 0.1) is 5.92 Å². The van der Waals surface area contributed by atoms with Gasteiger partial charge in [-0.1, -0.05) is 6.92 Å². The first-order valence-corrected chi connectivity index (χ1v) is 8.35. The standard InChI is InChI=1S/C17H28N4O/c1-3-19-17(21-15-8-6-14(2)7-9-15)20-11-12-22-16-5-4-10-18-13-16/h4-5,10,13-15H,3,6-9,11-12H2,1-2H3,(H2,19,20,21). The van der Waals surface area contributed by atoms with E-state index in [-0.39, 0.29) is 0 Å². The highest BCUT2D eigenvalue weighted by molar-refractivity contribution is 5.80. The van der Waals surface area contributed by atoms with Crippen LogP contribution in [0.4, 0.5) is 0 Å². The van der Waals surface area contributed by atoms with Crippen LogP contribution in [0.1, 0.15) is 39.5 Å². The van der Waals surface area contributed by atoms with E-state index < -0.39 is 0 Å². The molecule has 0 spiro atoms. The van der Waals surface area contributed by atoms with Crippen LogP contribution in [0.3, 0.4) is 0 Å². The average Bonchev–Trinajstić information content (AvgIpc) is 2.55. The van der Waals surface area contributed by atoms with Gasteiger partial charge >= 0.3 is 0 Å². The van der Waals surface area contributed by atoms with Crippen molar-refractivity contribution in [2.45, 2.75) is 45.6 Å². The molecule has 0 unspecified atom stereocenters. The predicted octanol–water partition coefficient (Wildman–Crippen LogP) is 2.59. The van der Waals surface area contributed by atoms with Crippen LogP contribution in [0.15, 0.2) is 29.5 Å². The monoisotopic (exact) mass is 304 g/mol. The lowest BCUT2D eigenvalue weighted by Gasteiger charge is -2.28. The van der Waals surface area contributed by atoms with Crippen molar-refractivity contribution in [3.05, 3.63) is 24.5 Å². The van der Waals surface area contributed by atoms with Gasteiger partial charge in [-0.3, -0.25) is 4.98 Å². The molecule has 0 aromatic carbocycles. The average molecular weight is 304 g/mol. The van der Waals surface area contributed by atoms with Crippen LogP contribution < -0.4 is 15.4 Å². The predicted molar refractivity (Wildman–Crippen MR) is 90.3 cm³/mol. The van der Waals surface area contributed by atoms with Crippen LogP contribution in [0.25, 0.3) is 0 Å². The molecule has 0 radical (unpaired) electrons. The molecule has 1 saturated carbocycles. The van der Waals surface area contributed by atoms with Gasteiger partial charge in [-0.2, -0.15) is 0 Å². The zero-order chi connectivity index (χ0) is 15.6. The second kappa shape index (κ2) is 9.28. The smallest absolute Gasteiger partial charge is 0.191 e. The maximum atomic E-state index is 5.61. The molecule has 1 aliphatic rings. The summed E-state index contributed by atoms with van der Waals surface area (Å²) in [6, 6.07) is 4.32. The van der Waals surface area contributed by atoms with Crippen molar-refractivity contribution in [3.8, 4) is 5.75 Å². The fraction of sp³-hybridized carbons (Fsp3) is 0.647. The summed E-state index contributed by atoms with van der Waals surface area (Å²) >= 11 is 0. The van der Waals surface area contributed by atoms with E-state index in [1.807, 2.05) is 12.1 Å². The molecule has 0 amide bonds. The lowest BCUT2D eigenvalue weighted by atomic mass is 9.87. The van der Waals surface area contributed by atoms with Gasteiger partial charge in [-0.05, 0) is 50.7 Å². The van der Waals surface area contributed by atoms with Gasteiger partial charge in [0.25, 0.3) is 0 Å². The van der Waals surface area contributed by atoms with E-state index in [0.29, 0.717) is 19.2 Å². The van der Waals surface area contributed by atoms with Crippen LogP contribution in [0.5, 0.6) is 5.75 Å². The maximum Gasteiger partial charge on any atom is 0.191 e. The molecule has 0 aliphatic heterocycles. The number of nitrogens with one attached hydrogen (secondary N) is 2. The first-order valence-electron chi connectivity index (χ1n) is 8.35. The molecule has 0 saturated heterocycles. The van der Waals surface area contributed by atoms with Crippen molar-refractivity contribution in [2.75, 3.05) is 19.7 Å². The summed E-state index contributed by atoms with van der Waals surface area (Å²) < 4.78 is 5.61. The minimum atomic E-state index is 0.549. The molecule has 1 aliphatic carbocycles. The quantitative estimate of drug-likeness (QED) is 0.482. The molecule has 1 heterocycles. The third-order valence-electron chi connectivity index (χ3n) is 3.97. The summed E-state index contributed by atoms with van der Waals surface area (Å²) in [5.74, 6) is 2.55. The van der Waals surface area contributed by atoms with Crippen molar-refractivity contribution in [1.82, 2.24) is 15.6 Å². The summed E-state index contributed by atoms with van der Waals surface area (Å²) in [7, 11) is 0. The first kappa shape index (κ1) is 16.6. The van der Waals surface area contributed by atoms with Gasteiger partial charge in [-0.15, -0.1) is 0 Å². The van der Waals surface area contributed by atoms with Crippen LogP contribution in [-0.2, 0) is 0 Å². The van der Waals surface area contributed by atoms with E-state index in [1.165, 1.54) is 25.7 Å². The third kappa shape index (κ3) is 5.92. The Morgan fingerprint density at radius 2 is 2.18 bits per heavy atom. The van der Waals surface area contributed by atoms with Crippen molar-refractivity contribution in [3.63, 3.8) is 0 Å². The Bertz CT molecular complexity index is 441. The molecule has 1 fully saturated rings. The van der Waals surface area contributed by atoms with Gasteiger partial charge in [0.2, 0.25) is 0 Å². The Balaban J connectivity index is 1.74. The van der Waals surface area contributed by atoms with Gasteiger partial charge < -0.3 is 15.4 Å². The maximum absolute atomic E-state index is 5.61. The lowest BCUT2D eigenvalue weighted by molar-refractivity contribution is 0.323. The molecule has 1 aromatic rings. The third-order valence-corrected chi connectivity index (χ3v) is 3.97. The Morgan fingerprint density at radius 1 is 1.36 bits per heavy atom. The fourth-order valence-electron chi connectivity index (χ4n) is 2.67. The molecule has 5 nitrogen and oxygen atoms in total. The molecule has 1 aromatic heterocycles. The number of aromatic nitrogens is 1. The number of nitrogens with zero attached hydrogens (tertiary/aromatic N) is 2. The summed E-state index contributed by atoms with van der Waals surface area (Å²) in [5, 5.41) is 6.86. The van der Waals surface area contributed by atoms with E-state index in [2.05, 4.69) is 34.5 Å². The fourth-order valence-corrected chi connectivity index (χ4v) is 2.67. The van der Waals surface area contributed by atoms with Gasteiger partial charge in [-0.25, -0.2) is 4.99 Å². The molecule has 0 atom stereocenters. The van der Waals surface area contributed by atoms with Crippen molar-refractivity contribution >= 4 is 5.96 Å². The van der Waals surface area contributed by atoms with Gasteiger partial charge in [0.05, 0.1) is 12.7 Å². The number of hydrogen-bond acceptors (Lipinski definition) is 3. The normalized spacial score (nSPS) is 22.2. The van der Waals surface area contributed by atoms with Crippen molar-refractivity contribution in [2.24, 2.45) is 10.9 Å². The number of ether oxygens (including phenoxy) is 1. The minimum Gasteiger partial charge on any atom is -0.490 e. The largest absolute Gasteiger partial charge is 0.490 e.